The Hall–Kier alpha value is -2.89. The first-order valence-electron chi connectivity index (χ1n) is 6.24. The second-order valence-corrected chi connectivity index (χ2v) is 4.39. The molecule has 0 fully saturated rings. The molecule has 0 bridgehead atoms. The zero-order chi connectivity index (χ0) is 15.2. The molecule has 0 aliphatic heterocycles. The molecule has 0 amide bonds. The monoisotopic (exact) mass is 287 g/mol. The minimum Gasteiger partial charge on any atom is -0.478 e. The molecule has 1 N–H and O–H groups in total. The van der Waals surface area contributed by atoms with E-state index in [-0.39, 0.29) is 12.1 Å². The molecule has 2 rings (SSSR count). The van der Waals surface area contributed by atoms with Gasteiger partial charge in [-0.1, -0.05) is 30.3 Å². The third-order valence-electron chi connectivity index (χ3n) is 2.84. The molecule has 21 heavy (non-hydrogen) atoms. The summed E-state index contributed by atoms with van der Waals surface area (Å²) in [7, 11) is 0. The van der Waals surface area contributed by atoms with E-state index in [1.54, 1.807) is 36.4 Å². The van der Waals surface area contributed by atoms with Gasteiger partial charge in [0.15, 0.2) is 6.10 Å². The fourth-order valence-electron chi connectivity index (χ4n) is 1.85. The van der Waals surface area contributed by atoms with Crippen LogP contribution in [0.1, 0.15) is 5.56 Å². The van der Waals surface area contributed by atoms with Crippen molar-refractivity contribution in [3.63, 3.8) is 0 Å². The van der Waals surface area contributed by atoms with E-state index in [2.05, 4.69) is 0 Å². The number of carbonyl (C=O) groups is 1. The number of nitrogens with zero attached hydrogens (tertiary/aromatic N) is 1. The van der Waals surface area contributed by atoms with Gasteiger partial charge in [0.05, 0.1) is 4.92 Å². The number of carboxylic acids is 1. The van der Waals surface area contributed by atoms with Gasteiger partial charge in [-0.05, 0) is 17.7 Å². The van der Waals surface area contributed by atoms with Crippen LogP contribution < -0.4 is 4.74 Å². The average Bonchev–Trinajstić information content (AvgIpc) is 2.48. The van der Waals surface area contributed by atoms with E-state index in [9.17, 15) is 20.0 Å². The van der Waals surface area contributed by atoms with Gasteiger partial charge in [0, 0.05) is 18.6 Å². The Morgan fingerprint density at radius 1 is 1.19 bits per heavy atom. The van der Waals surface area contributed by atoms with E-state index in [0.29, 0.717) is 11.3 Å². The Morgan fingerprint density at radius 2 is 1.90 bits per heavy atom. The molecular formula is C15H13NO5. The zero-order valence-corrected chi connectivity index (χ0v) is 11.0. The molecule has 0 aromatic heterocycles. The largest absolute Gasteiger partial charge is 0.478 e. The lowest BCUT2D eigenvalue weighted by Gasteiger charge is -2.15. The van der Waals surface area contributed by atoms with Crippen molar-refractivity contribution >= 4 is 11.7 Å². The molecule has 6 nitrogen and oxygen atoms in total. The Labute approximate surface area is 120 Å². The molecular weight excluding hydrogens is 274 g/mol. The summed E-state index contributed by atoms with van der Waals surface area (Å²) in [6, 6.07) is 14.5. The topological polar surface area (TPSA) is 89.7 Å². The van der Waals surface area contributed by atoms with Crippen molar-refractivity contribution in [2.75, 3.05) is 0 Å². The summed E-state index contributed by atoms with van der Waals surface area (Å²) in [5.41, 5.74) is 0.462. The zero-order valence-electron chi connectivity index (χ0n) is 11.0. The summed E-state index contributed by atoms with van der Waals surface area (Å²) in [6.45, 7) is 0. The van der Waals surface area contributed by atoms with E-state index >= 15 is 0 Å². The van der Waals surface area contributed by atoms with Crippen molar-refractivity contribution in [3.05, 3.63) is 70.3 Å². The maximum atomic E-state index is 11.3. The first-order chi connectivity index (χ1) is 10.1. The van der Waals surface area contributed by atoms with Crippen molar-refractivity contribution in [1.82, 2.24) is 0 Å². The highest BCUT2D eigenvalue weighted by atomic mass is 16.6. The van der Waals surface area contributed by atoms with Crippen LogP contribution >= 0.6 is 0 Å². The number of rotatable bonds is 6. The average molecular weight is 287 g/mol. The second-order valence-electron chi connectivity index (χ2n) is 4.39. The van der Waals surface area contributed by atoms with Crippen LogP contribution in [0.5, 0.6) is 5.75 Å². The standard InChI is InChI=1S/C15H13NO5/c17-15(18)14(21-13-7-2-1-3-8-13)10-11-5-4-6-12(9-11)16(19)20/h1-9,14H,10H2,(H,17,18)/t14-/m1/s1. The van der Waals surface area contributed by atoms with Gasteiger partial charge in [-0.2, -0.15) is 0 Å². The molecule has 0 saturated heterocycles. The predicted octanol–water partition coefficient (Wildman–Crippen LogP) is 2.67. The number of carboxylic acid groups (broad SMARTS) is 1. The van der Waals surface area contributed by atoms with Crippen LogP contribution in [0.15, 0.2) is 54.6 Å². The van der Waals surface area contributed by atoms with Crippen LogP contribution in [0.3, 0.4) is 0 Å². The number of hydrogen-bond acceptors (Lipinski definition) is 4. The summed E-state index contributed by atoms with van der Waals surface area (Å²) >= 11 is 0. The van der Waals surface area contributed by atoms with Crippen molar-refractivity contribution in [2.45, 2.75) is 12.5 Å². The fraction of sp³-hybridized carbons (Fsp3) is 0.133. The van der Waals surface area contributed by atoms with Gasteiger partial charge in [-0.15, -0.1) is 0 Å². The highest BCUT2D eigenvalue weighted by Gasteiger charge is 2.21. The van der Waals surface area contributed by atoms with Crippen molar-refractivity contribution in [3.8, 4) is 5.75 Å². The number of para-hydroxylation sites is 1. The molecule has 0 aliphatic rings. The summed E-state index contributed by atoms with van der Waals surface area (Å²) in [5.74, 6) is -0.680. The van der Waals surface area contributed by atoms with Gasteiger partial charge >= 0.3 is 5.97 Å². The maximum Gasteiger partial charge on any atom is 0.345 e. The number of non-ortho nitro benzene ring substituents is 1. The van der Waals surface area contributed by atoms with Gasteiger partial charge in [0.2, 0.25) is 0 Å². The predicted molar refractivity (Wildman–Crippen MR) is 75.3 cm³/mol. The third-order valence-corrected chi connectivity index (χ3v) is 2.84. The third kappa shape index (κ3) is 4.04. The normalized spacial score (nSPS) is 11.6. The van der Waals surface area contributed by atoms with Crippen molar-refractivity contribution in [1.29, 1.82) is 0 Å². The molecule has 0 saturated carbocycles. The smallest absolute Gasteiger partial charge is 0.345 e. The molecule has 0 unspecified atom stereocenters. The Balaban J connectivity index is 2.15. The number of benzene rings is 2. The summed E-state index contributed by atoms with van der Waals surface area (Å²) in [5, 5.41) is 19.9. The van der Waals surface area contributed by atoms with Gasteiger partial charge in [0.1, 0.15) is 5.75 Å². The number of aliphatic carboxylic acids is 1. The first-order valence-corrected chi connectivity index (χ1v) is 6.24. The highest BCUT2D eigenvalue weighted by Crippen LogP contribution is 2.17. The molecule has 108 valence electrons. The summed E-state index contributed by atoms with van der Waals surface area (Å²) in [4.78, 5) is 21.5. The van der Waals surface area contributed by atoms with E-state index in [1.165, 1.54) is 18.2 Å². The van der Waals surface area contributed by atoms with Gasteiger partial charge in [-0.25, -0.2) is 4.79 Å². The molecule has 0 heterocycles. The van der Waals surface area contributed by atoms with E-state index < -0.39 is 17.0 Å². The van der Waals surface area contributed by atoms with E-state index in [0.717, 1.165) is 0 Å². The molecule has 0 aliphatic carbocycles. The minimum absolute atomic E-state index is 0.0475. The van der Waals surface area contributed by atoms with Crippen LogP contribution in [0.4, 0.5) is 5.69 Å². The van der Waals surface area contributed by atoms with Crippen LogP contribution in [-0.2, 0) is 11.2 Å². The second kappa shape index (κ2) is 6.51. The molecule has 2 aromatic carbocycles. The van der Waals surface area contributed by atoms with Crippen LogP contribution in [-0.4, -0.2) is 22.1 Å². The lowest BCUT2D eigenvalue weighted by atomic mass is 10.1. The summed E-state index contributed by atoms with van der Waals surface area (Å²) < 4.78 is 5.41. The fourth-order valence-corrected chi connectivity index (χ4v) is 1.85. The van der Waals surface area contributed by atoms with Gasteiger partial charge < -0.3 is 9.84 Å². The molecule has 6 heteroatoms. The maximum absolute atomic E-state index is 11.3. The SMILES string of the molecule is O=C(O)[C@@H](Cc1cccc([N+](=O)[O-])c1)Oc1ccccc1. The Bertz CT molecular complexity index is 642. The van der Waals surface area contributed by atoms with Crippen LogP contribution in [0.2, 0.25) is 0 Å². The summed E-state index contributed by atoms with van der Waals surface area (Å²) in [6.07, 6.45) is -1.05. The molecule has 0 radical (unpaired) electrons. The quantitative estimate of drug-likeness (QED) is 0.651. The number of hydrogen-bond donors (Lipinski definition) is 1. The van der Waals surface area contributed by atoms with E-state index in [1.807, 2.05) is 0 Å². The number of ether oxygens (including phenoxy) is 1. The van der Waals surface area contributed by atoms with Crippen LogP contribution in [0.25, 0.3) is 0 Å². The Kier molecular flexibility index (Phi) is 4.50. The van der Waals surface area contributed by atoms with Gasteiger partial charge in [0.25, 0.3) is 5.69 Å². The van der Waals surface area contributed by atoms with Crippen molar-refractivity contribution in [2.24, 2.45) is 0 Å². The van der Waals surface area contributed by atoms with E-state index in [4.69, 9.17) is 4.74 Å². The highest BCUT2D eigenvalue weighted by molar-refractivity contribution is 5.73. The minimum atomic E-state index is -1.12. The number of nitro benzene ring substituents is 1. The molecule has 2 aromatic rings. The molecule has 1 atom stereocenters. The van der Waals surface area contributed by atoms with Crippen LogP contribution in [0, 0.1) is 10.1 Å². The Morgan fingerprint density at radius 3 is 2.52 bits per heavy atom. The molecule has 0 spiro atoms. The first kappa shape index (κ1) is 14.5. The van der Waals surface area contributed by atoms with Gasteiger partial charge in [-0.3, -0.25) is 10.1 Å². The number of nitro groups is 1. The lowest BCUT2D eigenvalue weighted by molar-refractivity contribution is -0.384. The lowest BCUT2D eigenvalue weighted by Crippen LogP contribution is -2.29. The van der Waals surface area contributed by atoms with Crippen molar-refractivity contribution < 1.29 is 19.6 Å².